The Bertz CT molecular complexity index is 431. The molecule has 0 saturated heterocycles. The molecule has 0 bridgehead atoms. The third-order valence-corrected chi connectivity index (χ3v) is 5.33. The Balaban J connectivity index is 3.68. The van der Waals surface area contributed by atoms with Crippen LogP contribution in [0.1, 0.15) is 104 Å². The van der Waals surface area contributed by atoms with Gasteiger partial charge in [-0.25, -0.2) is 0 Å². The van der Waals surface area contributed by atoms with Crippen molar-refractivity contribution in [2.45, 2.75) is 110 Å². The van der Waals surface area contributed by atoms with Gasteiger partial charge in [0.15, 0.2) is 6.10 Å². The predicted molar refractivity (Wildman–Crippen MR) is 120 cm³/mol. The summed E-state index contributed by atoms with van der Waals surface area (Å²) in [6.45, 7) is 5.15. The highest BCUT2D eigenvalue weighted by molar-refractivity contribution is 5.71. The summed E-state index contributed by atoms with van der Waals surface area (Å²) in [5, 5.41) is 9.01. The van der Waals surface area contributed by atoms with Crippen LogP contribution >= 0.6 is 0 Å². The summed E-state index contributed by atoms with van der Waals surface area (Å²) in [7, 11) is 5.90. The second-order valence-corrected chi connectivity index (χ2v) is 9.80. The first-order valence-corrected chi connectivity index (χ1v) is 11.9. The van der Waals surface area contributed by atoms with Gasteiger partial charge in [-0.1, -0.05) is 84.5 Å². The largest absolute Gasteiger partial charge is 0.481 e. The Morgan fingerprint density at radius 2 is 1.38 bits per heavy atom. The summed E-state index contributed by atoms with van der Waals surface area (Å²) in [6, 6.07) is 0. The molecule has 0 saturated carbocycles. The van der Waals surface area contributed by atoms with Crippen molar-refractivity contribution < 1.29 is 23.9 Å². The molecule has 29 heavy (non-hydrogen) atoms. The van der Waals surface area contributed by atoms with E-state index in [1.165, 1.54) is 57.8 Å². The quantitative estimate of drug-likeness (QED) is 0.165. The lowest BCUT2D eigenvalue weighted by Gasteiger charge is -2.28. The first kappa shape index (κ1) is 27.9. The van der Waals surface area contributed by atoms with Crippen LogP contribution in [0, 0.1) is 5.92 Å². The monoisotopic (exact) mass is 414 g/mol. The molecule has 0 spiro atoms. The molecule has 5 heteroatoms. The molecule has 0 aliphatic heterocycles. The van der Waals surface area contributed by atoms with E-state index >= 15 is 0 Å². The normalized spacial score (nSPS) is 13.8. The number of rotatable bonds is 19. The molecular weight excluding hydrogens is 366 g/mol. The van der Waals surface area contributed by atoms with Gasteiger partial charge in [0, 0.05) is 6.42 Å². The molecule has 0 aliphatic carbocycles. The number of quaternary nitrogens is 1. The van der Waals surface area contributed by atoms with Crippen LogP contribution in [0.5, 0.6) is 0 Å². The third kappa shape index (κ3) is 20.0. The number of carbonyl (C=O) groups excluding carboxylic acids is 1. The van der Waals surface area contributed by atoms with E-state index in [9.17, 15) is 9.59 Å². The van der Waals surface area contributed by atoms with Crippen molar-refractivity contribution in [3.05, 3.63) is 0 Å². The molecular formula is C24H48NO4+. The number of esters is 1. The Labute approximate surface area is 179 Å². The smallest absolute Gasteiger partial charge is 0.307 e. The number of carboxylic acid groups (broad SMARTS) is 1. The maximum absolute atomic E-state index is 12.0. The van der Waals surface area contributed by atoms with Crippen molar-refractivity contribution in [1.29, 1.82) is 0 Å². The van der Waals surface area contributed by atoms with Crippen LogP contribution < -0.4 is 0 Å². The molecule has 0 rings (SSSR count). The molecule has 0 fully saturated rings. The van der Waals surface area contributed by atoms with Gasteiger partial charge in [-0.3, -0.25) is 9.59 Å². The molecule has 0 aromatic heterocycles. The highest BCUT2D eigenvalue weighted by atomic mass is 16.5. The molecule has 0 amide bonds. The fourth-order valence-electron chi connectivity index (χ4n) is 3.71. The second-order valence-electron chi connectivity index (χ2n) is 9.80. The number of nitrogens with zero attached hydrogens (tertiary/aromatic N) is 1. The van der Waals surface area contributed by atoms with Gasteiger partial charge in [-0.2, -0.15) is 0 Å². The van der Waals surface area contributed by atoms with Crippen LogP contribution in [-0.2, 0) is 14.3 Å². The predicted octanol–water partition coefficient (Wildman–Crippen LogP) is 5.81. The van der Waals surface area contributed by atoms with Gasteiger partial charge in [0.2, 0.25) is 0 Å². The summed E-state index contributed by atoms with van der Waals surface area (Å²) < 4.78 is 5.99. The maximum atomic E-state index is 12.0. The molecule has 0 aliphatic rings. The minimum Gasteiger partial charge on any atom is -0.481 e. The molecule has 0 radical (unpaired) electrons. The van der Waals surface area contributed by atoms with E-state index in [0.29, 0.717) is 17.4 Å². The van der Waals surface area contributed by atoms with Crippen LogP contribution in [0.3, 0.4) is 0 Å². The minimum atomic E-state index is -0.924. The van der Waals surface area contributed by atoms with E-state index < -0.39 is 12.1 Å². The zero-order valence-electron chi connectivity index (χ0n) is 19.9. The molecule has 0 aromatic carbocycles. The van der Waals surface area contributed by atoms with Gasteiger partial charge < -0.3 is 14.3 Å². The van der Waals surface area contributed by atoms with Gasteiger partial charge in [-0.05, 0) is 12.3 Å². The van der Waals surface area contributed by atoms with Gasteiger partial charge in [-0.15, -0.1) is 0 Å². The van der Waals surface area contributed by atoms with Crippen LogP contribution in [0.2, 0.25) is 0 Å². The van der Waals surface area contributed by atoms with Gasteiger partial charge in [0.25, 0.3) is 0 Å². The number of hydrogen-bond donors (Lipinski definition) is 1. The van der Waals surface area contributed by atoms with E-state index in [-0.39, 0.29) is 12.4 Å². The van der Waals surface area contributed by atoms with Crippen molar-refractivity contribution in [2.75, 3.05) is 27.7 Å². The summed E-state index contributed by atoms with van der Waals surface area (Å²) >= 11 is 0. The molecule has 5 nitrogen and oxygen atoms in total. The number of carboxylic acids is 1. The van der Waals surface area contributed by atoms with Crippen LogP contribution in [0.15, 0.2) is 0 Å². The Morgan fingerprint density at radius 3 is 1.90 bits per heavy atom. The first-order valence-electron chi connectivity index (χ1n) is 11.9. The standard InChI is InChI=1S/C24H47NO4/c1-6-7-16-21(2)17-14-12-10-8-9-11-13-15-18-24(28)29-22(19-23(26)27)20-25(3,4)5/h21-22H,6-20H2,1-5H3/p+1. The fraction of sp³-hybridized carbons (Fsp3) is 0.917. The molecule has 2 unspecified atom stereocenters. The fourth-order valence-corrected chi connectivity index (χ4v) is 3.71. The van der Waals surface area contributed by atoms with Crippen LogP contribution in [0.25, 0.3) is 0 Å². The van der Waals surface area contributed by atoms with E-state index in [4.69, 9.17) is 9.84 Å². The average Bonchev–Trinajstić information content (AvgIpc) is 2.59. The van der Waals surface area contributed by atoms with Gasteiger partial charge in [0.1, 0.15) is 6.54 Å². The molecule has 0 heterocycles. The minimum absolute atomic E-state index is 0.126. The van der Waals surface area contributed by atoms with Crippen LogP contribution in [-0.4, -0.2) is 55.3 Å². The zero-order chi connectivity index (χ0) is 22.1. The van der Waals surface area contributed by atoms with E-state index in [1.54, 1.807) is 0 Å². The maximum Gasteiger partial charge on any atom is 0.307 e. The molecule has 0 aromatic rings. The van der Waals surface area contributed by atoms with Crippen molar-refractivity contribution >= 4 is 11.9 Å². The second kappa shape index (κ2) is 16.7. The van der Waals surface area contributed by atoms with E-state index in [1.807, 2.05) is 21.1 Å². The number of hydrogen-bond acceptors (Lipinski definition) is 3. The lowest BCUT2D eigenvalue weighted by molar-refractivity contribution is -0.873. The van der Waals surface area contributed by atoms with Crippen molar-refractivity contribution in [3.8, 4) is 0 Å². The van der Waals surface area contributed by atoms with Crippen molar-refractivity contribution in [1.82, 2.24) is 0 Å². The highest BCUT2D eigenvalue weighted by Gasteiger charge is 2.24. The van der Waals surface area contributed by atoms with E-state index in [0.717, 1.165) is 25.2 Å². The summed E-state index contributed by atoms with van der Waals surface area (Å²) in [6.07, 6.45) is 14.7. The molecule has 1 N–H and O–H groups in total. The third-order valence-electron chi connectivity index (χ3n) is 5.33. The van der Waals surface area contributed by atoms with Gasteiger partial charge >= 0.3 is 11.9 Å². The number of ether oxygens (including phenoxy) is 1. The number of likely N-dealkylation sites (N-methyl/N-ethyl adjacent to an activating group) is 1. The zero-order valence-corrected chi connectivity index (χ0v) is 19.9. The van der Waals surface area contributed by atoms with Gasteiger partial charge in [0.05, 0.1) is 27.6 Å². The lowest BCUT2D eigenvalue weighted by atomic mass is 9.97. The first-order chi connectivity index (χ1) is 13.6. The molecule has 2 atom stereocenters. The van der Waals surface area contributed by atoms with Crippen molar-refractivity contribution in [3.63, 3.8) is 0 Å². The SMILES string of the molecule is CCCCC(C)CCCCCCCCCCC(=O)OC(CC(=O)O)C[N+](C)(C)C. The topological polar surface area (TPSA) is 63.6 Å². The Hall–Kier alpha value is -1.10. The van der Waals surface area contributed by atoms with E-state index in [2.05, 4.69) is 13.8 Å². The summed E-state index contributed by atoms with van der Waals surface area (Å²) in [5.41, 5.74) is 0. The van der Waals surface area contributed by atoms with Crippen LogP contribution in [0.4, 0.5) is 0 Å². The lowest BCUT2D eigenvalue weighted by Crippen LogP contribution is -2.43. The number of aliphatic carboxylic acids is 1. The molecule has 172 valence electrons. The summed E-state index contributed by atoms with van der Waals surface area (Å²) in [5.74, 6) is -0.305. The Kier molecular flexibility index (Phi) is 16.0. The summed E-state index contributed by atoms with van der Waals surface area (Å²) in [4.78, 5) is 23.0. The highest BCUT2D eigenvalue weighted by Crippen LogP contribution is 2.17. The van der Waals surface area contributed by atoms with Crippen molar-refractivity contribution in [2.24, 2.45) is 5.92 Å². The Morgan fingerprint density at radius 1 is 0.862 bits per heavy atom. The number of unbranched alkanes of at least 4 members (excludes halogenated alkanes) is 8. The average molecular weight is 415 g/mol. The number of carbonyl (C=O) groups is 2.